The molecule has 0 aliphatic carbocycles. The number of ketones is 1. The number of Topliss-reactive ketones (excluding diaryl/α,β-unsaturated/α-hetero) is 1. The smallest absolute Gasteiger partial charge is 0.248 e. The van der Waals surface area contributed by atoms with Crippen molar-refractivity contribution in [2.45, 2.75) is 59.8 Å². The zero-order chi connectivity index (χ0) is 25.7. The maximum atomic E-state index is 13.9. The lowest BCUT2D eigenvalue weighted by atomic mass is 9.60. The third-order valence-electron chi connectivity index (χ3n) is 6.05. The van der Waals surface area contributed by atoms with Gasteiger partial charge in [0.25, 0.3) is 0 Å². The predicted molar refractivity (Wildman–Crippen MR) is 134 cm³/mol. The summed E-state index contributed by atoms with van der Waals surface area (Å²) in [7, 11) is 0. The molecule has 8 nitrogen and oxygen atoms in total. The van der Waals surface area contributed by atoms with E-state index in [2.05, 4.69) is 5.43 Å². The van der Waals surface area contributed by atoms with Crippen LogP contribution in [0.4, 0.5) is 0 Å². The summed E-state index contributed by atoms with van der Waals surface area (Å²) in [5.74, 6) is 2.01. The number of hydrogen-bond acceptors (Lipinski definition) is 6. The van der Waals surface area contributed by atoms with Crippen molar-refractivity contribution in [2.24, 2.45) is 40.7 Å². The molecule has 2 amide bonds. The number of amides is 2. The van der Waals surface area contributed by atoms with Gasteiger partial charge in [-0.15, -0.1) is 0 Å². The average Bonchev–Trinajstić information content (AvgIpc) is 2.81. The zero-order valence-electron chi connectivity index (χ0n) is 20.9. The number of rotatable bonds is 15. The molecule has 7 N–H and O–H groups in total. The van der Waals surface area contributed by atoms with Crippen LogP contribution in [0.25, 0.3) is 6.08 Å². The molecule has 3 atom stereocenters. The Morgan fingerprint density at radius 2 is 1.68 bits per heavy atom. The highest BCUT2D eigenvalue weighted by molar-refractivity contribution is 5.97. The van der Waals surface area contributed by atoms with Crippen LogP contribution in [0.1, 0.15) is 65.4 Å². The number of benzene rings is 1. The van der Waals surface area contributed by atoms with E-state index in [1.54, 1.807) is 11.6 Å². The van der Waals surface area contributed by atoms with Crippen LogP contribution < -0.4 is 22.5 Å². The fourth-order valence-electron chi connectivity index (χ4n) is 4.68. The highest BCUT2D eigenvalue weighted by Gasteiger charge is 2.52. The van der Waals surface area contributed by atoms with Gasteiger partial charge in [-0.1, -0.05) is 70.2 Å². The molecule has 1 unspecified atom stereocenters. The van der Waals surface area contributed by atoms with E-state index >= 15 is 0 Å². The Balaban J connectivity index is 3.82. The van der Waals surface area contributed by atoms with E-state index in [0.717, 1.165) is 5.56 Å². The van der Waals surface area contributed by atoms with Crippen LogP contribution in [-0.4, -0.2) is 29.3 Å². The van der Waals surface area contributed by atoms with Crippen LogP contribution in [0.5, 0.6) is 0 Å². The molecule has 0 aliphatic rings. The average molecular weight is 475 g/mol. The van der Waals surface area contributed by atoms with Gasteiger partial charge in [-0.25, -0.2) is 11.3 Å². The third-order valence-corrected chi connectivity index (χ3v) is 6.05. The summed E-state index contributed by atoms with van der Waals surface area (Å²) in [5.41, 5.74) is 9.06. The van der Waals surface area contributed by atoms with Crippen molar-refractivity contribution in [1.82, 2.24) is 10.9 Å². The molecule has 0 aromatic heterocycles. The molecular formula is C26H42N4O4. The molecule has 0 bridgehead atoms. The number of nitrogens with two attached hydrogens (primary N) is 2. The van der Waals surface area contributed by atoms with Crippen molar-refractivity contribution in [3.05, 3.63) is 42.0 Å². The van der Waals surface area contributed by atoms with Gasteiger partial charge in [-0.05, 0) is 49.6 Å². The monoisotopic (exact) mass is 474 g/mol. The number of hydroxylamine groups is 1. The first-order chi connectivity index (χ1) is 16.1. The summed E-state index contributed by atoms with van der Waals surface area (Å²) in [4.78, 5) is 40.1. The van der Waals surface area contributed by atoms with Crippen molar-refractivity contribution in [3.63, 3.8) is 0 Å². The fraction of sp³-hybridized carbons (Fsp3) is 0.577. The summed E-state index contributed by atoms with van der Waals surface area (Å²) in [5, 5.41) is 9.71. The minimum Gasteiger partial charge on any atom is -0.330 e. The normalized spacial score (nSPS) is 15.2. The summed E-state index contributed by atoms with van der Waals surface area (Å²) in [6.45, 7) is 8.24. The lowest BCUT2D eigenvalue weighted by Crippen LogP contribution is -2.53. The number of carbonyl (C=O) groups excluding carboxylic acids is 3. The fourth-order valence-corrected chi connectivity index (χ4v) is 4.68. The lowest BCUT2D eigenvalue weighted by Gasteiger charge is -2.41. The Bertz CT molecular complexity index is 810. The molecule has 0 saturated heterocycles. The summed E-state index contributed by atoms with van der Waals surface area (Å²) in [6, 6.07) is 9.45. The number of carbonyl (C=O) groups is 3. The van der Waals surface area contributed by atoms with Gasteiger partial charge >= 0.3 is 0 Å². The first-order valence-electron chi connectivity index (χ1n) is 12.0. The molecular weight excluding hydrogens is 432 g/mol. The van der Waals surface area contributed by atoms with Crippen LogP contribution in [0.3, 0.4) is 0 Å². The van der Waals surface area contributed by atoms with Crippen molar-refractivity contribution < 1.29 is 19.6 Å². The van der Waals surface area contributed by atoms with Crippen molar-refractivity contribution in [1.29, 1.82) is 0 Å². The topological polar surface area (TPSA) is 148 Å². The maximum Gasteiger partial charge on any atom is 0.248 e. The Kier molecular flexibility index (Phi) is 12.7. The standard InChI is InChI=1S/C26H42N4O4/c1-18(2)16-21(24(32)29-28)23(25(33)30-34)26(17-19(3)4,22(31)12-8-9-15-27)14-13-20-10-6-5-7-11-20/h5-7,10-11,13-14,18-19,21,23,34H,8-9,12,15-17,27-28H2,1-4H3,(H,29,32)(H,30,33)/b14-13+/t21-,23-,26?/m1/s1. The van der Waals surface area contributed by atoms with Crippen LogP contribution in [0.2, 0.25) is 0 Å². The Labute approximate surface area is 203 Å². The molecule has 0 radical (unpaired) electrons. The van der Waals surface area contributed by atoms with Crippen molar-refractivity contribution in [2.75, 3.05) is 6.54 Å². The van der Waals surface area contributed by atoms with E-state index in [4.69, 9.17) is 11.6 Å². The maximum absolute atomic E-state index is 13.9. The number of allylic oxidation sites excluding steroid dienone is 1. The first kappa shape index (κ1) is 29.5. The van der Waals surface area contributed by atoms with Gasteiger partial charge in [0.15, 0.2) is 0 Å². The van der Waals surface area contributed by atoms with E-state index in [1.165, 1.54) is 0 Å². The van der Waals surface area contributed by atoms with Gasteiger partial charge in [0.1, 0.15) is 5.78 Å². The zero-order valence-corrected chi connectivity index (χ0v) is 20.9. The number of nitrogens with one attached hydrogen (secondary N) is 2. The van der Waals surface area contributed by atoms with Gasteiger partial charge in [-0.2, -0.15) is 0 Å². The van der Waals surface area contributed by atoms with Crippen LogP contribution in [0.15, 0.2) is 36.4 Å². The first-order valence-corrected chi connectivity index (χ1v) is 12.0. The van der Waals surface area contributed by atoms with Gasteiger partial charge in [0.05, 0.1) is 17.3 Å². The number of hydrazine groups is 1. The van der Waals surface area contributed by atoms with Gasteiger partial charge in [0, 0.05) is 6.42 Å². The van der Waals surface area contributed by atoms with Crippen LogP contribution in [0, 0.1) is 29.1 Å². The van der Waals surface area contributed by atoms with Gasteiger partial charge < -0.3 is 5.73 Å². The van der Waals surface area contributed by atoms with E-state index in [0.29, 0.717) is 32.2 Å². The molecule has 0 saturated carbocycles. The summed E-state index contributed by atoms with van der Waals surface area (Å²) in [6.07, 6.45) is 5.65. The van der Waals surface area contributed by atoms with E-state index < -0.39 is 29.1 Å². The largest absolute Gasteiger partial charge is 0.330 e. The van der Waals surface area contributed by atoms with Gasteiger partial charge in [0.2, 0.25) is 11.8 Å². The molecule has 0 heterocycles. The van der Waals surface area contributed by atoms with Crippen LogP contribution in [-0.2, 0) is 14.4 Å². The Morgan fingerprint density at radius 3 is 2.18 bits per heavy atom. The van der Waals surface area contributed by atoms with Gasteiger partial charge in [-0.3, -0.25) is 25.0 Å². The Morgan fingerprint density at radius 1 is 1.03 bits per heavy atom. The molecule has 1 rings (SSSR count). The quantitative estimate of drug-likeness (QED) is 0.0867. The minimum atomic E-state index is -1.34. The Hall–Kier alpha value is -2.55. The molecule has 0 fully saturated rings. The predicted octanol–water partition coefficient (Wildman–Crippen LogP) is 3.20. The molecule has 1 aromatic rings. The highest BCUT2D eigenvalue weighted by Crippen LogP contribution is 2.45. The SMILES string of the molecule is CC(C)C[C@@H](C(=O)NN)[C@H](C(=O)NO)C(/C=C/c1ccccc1)(CC(C)C)C(=O)CCCCN. The second-order valence-electron chi connectivity index (χ2n) is 9.75. The van der Waals surface area contributed by atoms with E-state index in [9.17, 15) is 19.6 Å². The molecule has 190 valence electrons. The summed E-state index contributed by atoms with van der Waals surface area (Å²) < 4.78 is 0. The third kappa shape index (κ3) is 8.34. The second-order valence-corrected chi connectivity index (χ2v) is 9.75. The molecule has 1 aromatic carbocycles. The second kappa shape index (κ2) is 14.7. The van der Waals surface area contributed by atoms with E-state index in [-0.39, 0.29) is 24.0 Å². The molecule has 8 heteroatoms. The van der Waals surface area contributed by atoms with Crippen LogP contribution >= 0.6 is 0 Å². The van der Waals surface area contributed by atoms with Crippen molar-refractivity contribution >= 4 is 23.7 Å². The molecule has 34 heavy (non-hydrogen) atoms. The van der Waals surface area contributed by atoms with Crippen molar-refractivity contribution in [3.8, 4) is 0 Å². The molecule has 0 spiro atoms. The number of hydrogen-bond donors (Lipinski definition) is 5. The summed E-state index contributed by atoms with van der Waals surface area (Å²) >= 11 is 0. The minimum absolute atomic E-state index is 0.0218. The number of unbranched alkanes of at least 4 members (excludes halogenated alkanes) is 1. The lowest BCUT2D eigenvalue weighted by molar-refractivity contribution is -0.151. The van der Waals surface area contributed by atoms with E-state index in [1.807, 2.05) is 64.1 Å². The highest BCUT2D eigenvalue weighted by atomic mass is 16.5. The molecule has 0 aliphatic heterocycles.